The number of sulfone groups is 1. The van der Waals surface area contributed by atoms with E-state index in [9.17, 15) is 13.2 Å². The first-order valence-corrected chi connectivity index (χ1v) is 8.64. The van der Waals surface area contributed by atoms with Crippen LogP contribution in [0.5, 0.6) is 0 Å². The second-order valence-corrected chi connectivity index (χ2v) is 6.78. The Kier molecular flexibility index (Phi) is 5.48. The van der Waals surface area contributed by atoms with Crippen LogP contribution in [0.3, 0.4) is 0 Å². The molecule has 0 atom stereocenters. The predicted molar refractivity (Wildman–Crippen MR) is 88.2 cm³/mol. The minimum Gasteiger partial charge on any atom is -0.386 e. The fourth-order valence-corrected chi connectivity index (χ4v) is 2.40. The fraction of sp³-hybridized carbons (Fsp3) is 0.125. The lowest BCUT2D eigenvalue weighted by Crippen LogP contribution is -2.17. The zero-order chi connectivity index (χ0) is 16.7. The van der Waals surface area contributed by atoms with Gasteiger partial charge in [0, 0.05) is 11.9 Å². The van der Waals surface area contributed by atoms with Crippen molar-refractivity contribution in [2.75, 3.05) is 18.2 Å². The molecule has 0 fully saturated rings. The van der Waals surface area contributed by atoms with E-state index in [-0.39, 0.29) is 11.5 Å². The highest BCUT2D eigenvalue weighted by Crippen LogP contribution is 2.15. The quantitative estimate of drug-likeness (QED) is 0.648. The van der Waals surface area contributed by atoms with Crippen molar-refractivity contribution < 1.29 is 18.0 Å². The Bertz CT molecular complexity index is 802. The van der Waals surface area contributed by atoms with Crippen molar-refractivity contribution in [1.29, 1.82) is 0 Å². The van der Waals surface area contributed by atoms with E-state index < -0.39 is 15.7 Å². The van der Waals surface area contributed by atoms with Gasteiger partial charge in [0.05, 0.1) is 11.1 Å². The molecule has 23 heavy (non-hydrogen) atoms. The van der Waals surface area contributed by atoms with Crippen molar-refractivity contribution in [2.24, 2.45) is 5.16 Å². The Balaban J connectivity index is 1.87. The summed E-state index contributed by atoms with van der Waals surface area (Å²) in [7, 11) is -3.32. The predicted octanol–water partition coefficient (Wildman–Crippen LogP) is 2.08. The van der Waals surface area contributed by atoms with E-state index >= 15 is 0 Å². The third kappa shape index (κ3) is 5.55. The average molecular weight is 332 g/mol. The zero-order valence-corrected chi connectivity index (χ0v) is 13.3. The first kappa shape index (κ1) is 16.7. The molecule has 0 aliphatic rings. The number of nitrogens with one attached hydrogen (secondary N) is 1. The number of benzene rings is 2. The molecule has 0 bridgehead atoms. The summed E-state index contributed by atoms with van der Waals surface area (Å²) < 4.78 is 22.9. The van der Waals surface area contributed by atoms with Crippen LogP contribution >= 0.6 is 0 Å². The van der Waals surface area contributed by atoms with E-state index in [1.54, 1.807) is 12.1 Å². The zero-order valence-electron chi connectivity index (χ0n) is 12.5. The number of oxime groups is 1. The third-order valence-electron chi connectivity index (χ3n) is 2.82. The standard InChI is InChI=1S/C16H16N2O4S/c1-23(20,21)15-9-5-8-14(10-15)18-16(19)12-22-17-11-13-6-3-2-4-7-13/h2-11H,12H2,1H3,(H,18,19)/b17-11-. The van der Waals surface area contributed by atoms with E-state index in [0.29, 0.717) is 5.69 Å². The van der Waals surface area contributed by atoms with Crippen molar-refractivity contribution in [3.8, 4) is 0 Å². The maximum atomic E-state index is 11.7. The SMILES string of the molecule is CS(=O)(=O)c1cccc(NC(=O)CO/N=C\c2ccccc2)c1. The van der Waals surface area contributed by atoms with Gasteiger partial charge in [-0.1, -0.05) is 41.6 Å². The van der Waals surface area contributed by atoms with E-state index in [1.165, 1.54) is 18.3 Å². The summed E-state index contributed by atoms with van der Waals surface area (Å²) in [6.07, 6.45) is 2.60. The summed E-state index contributed by atoms with van der Waals surface area (Å²) in [5, 5.41) is 6.25. The molecule has 0 aromatic heterocycles. The second-order valence-electron chi connectivity index (χ2n) is 4.77. The number of amides is 1. The molecule has 6 nitrogen and oxygen atoms in total. The van der Waals surface area contributed by atoms with Gasteiger partial charge in [0.2, 0.25) is 0 Å². The van der Waals surface area contributed by atoms with Crippen molar-refractivity contribution in [3.63, 3.8) is 0 Å². The lowest BCUT2D eigenvalue weighted by atomic mass is 10.2. The van der Waals surface area contributed by atoms with Gasteiger partial charge in [-0.3, -0.25) is 4.79 Å². The van der Waals surface area contributed by atoms with E-state index in [1.807, 2.05) is 30.3 Å². The number of carbonyl (C=O) groups is 1. The molecule has 2 aromatic carbocycles. The van der Waals surface area contributed by atoms with Crippen LogP contribution < -0.4 is 5.32 Å². The van der Waals surface area contributed by atoms with Gasteiger partial charge in [-0.25, -0.2) is 8.42 Å². The molecule has 7 heteroatoms. The summed E-state index contributed by atoms with van der Waals surface area (Å²) in [6.45, 7) is -0.271. The maximum absolute atomic E-state index is 11.7. The normalized spacial score (nSPS) is 11.3. The van der Waals surface area contributed by atoms with Crippen LogP contribution in [-0.2, 0) is 19.5 Å². The molecule has 0 aliphatic heterocycles. The first-order valence-electron chi connectivity index (χ1n) is 6.75. The molecular weight excluding hydrogens is 316 g/mol. The smallest absolute Gasteiger partial charge is 0.265 e. The maximum Gasteiger partial charge on any atom is 0.265 e. The van der Waals surface area contributed by atoms with Gasteiger partial charge >= 0.3 is 0 Å². The summed E-state index contributed by atoms with van der Waals surface area (Å²) in [6, 6.07) is 15.3. The molecule has 0 saturated carbocycles. The van der Waals surface area contributed by atoms with Gasteiger partial charge in [0.15, 0.2) is 16.4 Å². The minimum atomic E-state index is -3.32. The van der Waals surface area contributed by atoms with Crippen molar-refractivity contribution in [2.45, 2.75) is 4.90 Å². The van der Waals surface area contributed by atoms with Crippen molar-refractivity contribution in [1.82, 2.24) is 0 Å². The molecule has 0 aliphatic carbocycles. The van der Waals surface area contributed by atoms with Crippen LogP contribution in [0.1, 0.15) is 5.56 Å². The van der Waals surface area contributed by atoms with Gasteiger partial charge in [-0.15, -0.1) is 0 Å². The van der Waals surface area contributed by atoms with Crippen LogP contribution in [0.2, 0.25) is 0 Å². The molecule has 120 valence electrons. The number of hydrogen-bond donors (Lipinski definition) is 1. The van der Waals surface area contributed by atoms with Crippen LogP contribution in [0.15, 0.2) is 64.6 Å². The number of hydrogen-bond acceptors (Lipinski definition) is 5. The van der Waals surface area contributed by atoms with Crippen LogP contribution in [-0.4, -0.2) is 33.4 Å². The first-order chi connectivity index (χ1) is 10.9. The summed E-state index contributed by atoms with van der Waals surface area (Å²) in [5.74, 6) is -0.430. The summed E-state index contributed by atoms with van der Waals surface area (Å²) >= 11 is 0. The molecule has 0 radical (unpaired) electrons. The molecule has 0 heterocycles. The van der Waals surface area contributed by atoms with Gasteiger partial charge in [0.25, 0.3) is 5.91 Å². The Morgan fingerprint density at radius 3 is 2.61 bits per heavy atom. The number of nitrogens with zero attached hydrogens (tertiary/aromatic N) is 1. The van der Waals surface area contributed by atoms with E-state index in [2.05, 4.69) is 10.5 Å². The highest BCUT2D eigenvalue weighted by atomic mass is 32.2. The number of anilines is 1. The largest absolute Gasteiger partial charge is 0.386 e. The lowest BCUT2D eigenvalue weighted by molar-refractivity contribution is -0.120. The Morgan fingerprint density at radius 2 is 1.91 bits per heavy atom. The average Bonchev–Trinajstić information content (AvgIpc) is 2.52. The molecule has 1 amide bonds. The molecular formula is C16H16N2O4S. The Hall–Kier alpha value is -2.67. The fourth-order valence-electron chi connectivity index (χ4n) is 1.73. The highest BCUT2D eigenvalue weighted by Gasteiger charge is 2.09. The molecule has 2 rings (SSSR count). The molecule has 0 unspecified atom stereocenters. The van der Waals surface area contributed by atoms with Gasteiger partial charge in [-0.2, -0.15) is 0 Å². The van der Waals surface area contributed by atoms with Gasteiger partial charge < -0.3 is 10.2 Å². The Labute approximate surface area is 134 Å². The summed E-state index contributed by atoms with van der Waals surface area (Å²) in [5.41, 5.74) is 1.24. The summed E-state index contributed by atoms with van der Waals surface area (Å²) in [4.78, 5) is 16.8. The lowest BCUT2D eigenvalue weighted by Gasteiger charge is -2.06. The Morgan fingerprint density at radius 1 is 1.17 bits per heavy atom. The molecule has 0 spiro atoms. The van der Waals surface area contributed by atoms with Gasteiger partial charge in [-0.05, 0) is 23.8 Å². The molecule has 1 N–H and O–H groups in total. The van der Waals surface area contributed by atoms with Crippen LogP contribution in [0.4, 0.5) is 5.69 Å². The third-order valence-corrected chi connectivity index (χ3v) is 3.93. The van der Waals surface area contributed by atoms with Crippen LogP contribution in [0, 0.1) is 0 Å². The second kappa shape index (κ2) is 7.55. The topological polar surface area (TPSA) is 84.8 Å². The highest BCUT2D eigenvalue weighted by molar-refractivity contribution is 7.90. The van der Waals surface area contributed by atoms with E-state index in [4.69, 9.17) is 4.84 Å². The van der Waals surface area contributed by atoms with Crippen molar-refractivity contribution in [3.05, 3.63) is 60.2 Å². The number of rotatable bonds is 6. The molecule has 0 saturated heterocycles. The van der Waals surface area contributed by atoms with E-state index in [0.717, 1.165) is 11.8 Å². The van der Waals surface area contributed by atoms with Crippen LogP contribution in [0.25, 0.3) is 0 Å². The van der Waals surface area contributed by atoms with Crippen molar-refractivity contribution >= 4 is 27.6 Å². The minimum absolute atomic E-state index is 0.137. The number of carbonyl (C=O) groups excluding carboxylic acids is 1. The molecule has 2 aromatic rings. The van der Waals surface area contributed by atoms with Gasteiger partial charge in [0.1, 0.15) is 0 Å². The monoisotopic (exact) mass is 332 g/mol.